The number of hydrogen-bond donors (Lipinski definition) is 1. The van der Waals surface area contributed by atoms with E-state index in [1.165, 1.54) is 18.2 Å². The smallest absolute Gasteiger partial charge is 0.288 e. The summed E-state index contributed by atoms with van der Waals surface area (Å²) in [4.78, 5) is 9.86. The van der Waals surface area contributed by atoms with Crippen molar-refractivity contribution in [2.45, 2.75) is 11.4 Å². The maximum Gasteiger partial charge on any atom is 0.288 e. The molecule has 0 aliphatic heterocycles. The Labute approximate surface area is 121 Å². The van der Waals surface area contributed by atoms with Crippen LogP contribution in [-0.2, 0) is 23.4 Å². The molecule has 1 N–H and O–H groups in total. The zero-order valence-electron chi connectivity index (χ0n) is 11.5. The third kappa shape index (κ3) is 3.57. The Bertz CT molecular complexity index is 782. The number of sulfone groups is 1. The first kappa shape index (κ1) is 15.0. The molecule has 0 fully saturated rings. The van der Waals surface area contributed by atoms with Gasteiger partial charge in [-0.15, -0.1) is 0 Å². The number of benzene rings is 1. The number of anilines is 1. The molecule has 1 aromatic heterocycles. The van der Waals surface area contributed by atoms with Gasteiger partial charge in [-0.3, -0.25) is 14.8 Å². The van der Waals surface area contributed by atoms with Crippen LogP contribution in [0.4, 0.5) is 11.4 Å². The van der Waals surface area contributed by atoms with Crippen LogP contribution in [0.2, 0.25) is 0 Å². The van der Waals surface area contributed by atoms with Crippen molar-refractivity contribution >= 4 is 21.2 Å². The lowest BCUT2D eigenvalue weighted by atomic mass is 10.2. The van der Waals surface area contributed by atoms with Gasteiger partial charge in [-0.1, -0.05) is 0 Å². The first-order chi connectivity index (χ1) is 9.77. The number of hydrogen-bond acceptors (Lipinski definition) is 6. The van der Waals surface area contributed by atoms with E-state index in [2.05, 4.69) is 10.4 Å². The Balaban J connectivity index is 2.27. The first-order valence-corrected chi connectivity index (χ1v) is 7.86. The van der Waals surface area contributed by atoms with Crippen LogP contribution in [0.3, 0.4) is 0 Å². The van der Waals surface area contributed by atoms with E-state index >= 15 is 0 Å². The Morgan fingerprint density at radius 3 is 2.67 bits per heavy atom. The highest BCUT2D eigenvalue weighted by molar-refractivity contribution is 7.90. The Morgan fingerprint density at radius 1 is 1.43 bits per heavy atom. The fourth-order valence-electron chi connectivity index (χ4n) is 1.84. The van der Waals surface area contributed by atoms with Gasteiger partial charge in [0.15, 0.2) is 9.84 Å². The van der Waals surface area contributed by atoms with Crippen LogP contribution in [0, 0.1) is 10.1 Å². The van der Waals surface area contributed by atoms with Gasteiger partial charge in [0.05, 0.1) is 11.1 Å². The van der Waals surface area contributed by atoms with E-state index in [0.717, 1.165) is 11.8 Å². The molecule has 0 aliphatic carbocycles. The lowest BCUT2D eigenvalue weighted by molar-refractivity contribution is -0.387. The number of nitro benzene ring substituents is 1. The fraction of sp³-hybridized carbons (Fsp3) is 0.250. The maximum atomic E-state index is 11.6. The molecule has 0 spiro atoms. The summed E-state index contributed by atoms with van der Waals surface area (Å²) in [7, 11) is -1.89. The van der Waals surface area contributed by atoms with E-state index in [4.69, 9.17) is 0 Å². The molecule has 21 heavy (non-hydrogen) atoms. The van der Waals surface area contributed by atoms with Crippen molar-refractivity contribution in [2.24, 2.45) is 7.05 Å². The van der Waals surface area contributed by atoms with E-state index < -0.39 is 20.4 Å². The molecule has 1 aromatic carbocycles. The number of aromatic nitrogens is 2. The molecule has 2 aromatic rings. The van der Waals surface area contributed by atoms with Crippen LogP contribution in [0.25, 0.3) is 0 Å². The van der Waals surface area contributed by atoms with E-state index in [1.54, 1.807) is 17.9 Å². The van der Waals surface area contributed by atoms with Crippen LogP contribution in [0.15, 0.2) is 35.5 Å². The molecular weight excluding hydrogens is 296 g/mol. The van der Waals surface area contributed by atoms with Crippen molar-refractivity contribution in [3.8, 4) is 0 Å². The fourth-order valence-corrected chi connectivity index (χ4v) is 2.70. The maximum absolute atomic E-state index is 11.6. The molecule has 112 valence electrons. The minimum Gasteiger partial charge on any atom is -0.381 e. The second-order valence-electron chi connectivity index (χ2n) is 4.59. The van der Waals surface area contributed by atoms with Gasteiger partial charge in [-0.2, -0.15) is 5.10 Å². The van der Waals surface area contributed by atoms with Crippen LogP contribution < -0.4 is 5.32 Å². The van der Waals surface area contributed by atoms with E-state index in [-0.39, 0.29) is 4.90 Å². The van der Waals surface area contributed by atoms with Gasteiger partial charge < -0.3 is 5.32 Å². The van der Waals surface area contributed by atoms with Gasteiger partial charge in [0, 0.05) is 43.4 Å². The van der Waals surface area contributed by atoms with Crippen molar-refractivity contribution < 1.29 is 13.3 Å². The van der Waals surface area contributed by atoms with Crippen molar-refractivity contribution in [1.29, 1.82) is 0 Å². The molecule has 0 saturated heterocycles. The van der Waals surface area contributed by atoms with Crippen LogP contribution >= 0.6 is 0 Å². The summed E-state index contributed by atoms with van der Waals surface area (Å²) in [5.41, 5.74) is 0.978. The van der Waals surface area contributed by atoms with Gasteiger partial charge in [0.2, 0.25) is 0 Å². The molecule has 0 bridgehead atoms. The monoisotopic (exact) mass is 310 g/mol. The Kier molecular flexibility index (Phi) is 3.94. The summed E-state index contributed by atoms with van der Waals surface area (Å²) < 4.78 is 24.9. The Hall–Kier alpha value is -2.42. The zero-order valence-corrected chi connectivity index (χ0v) is 12.3. The summed E-state index contributed by atoms with van der Waals surface area (Å²) in [6.07, 6.45) is 4.44. The quantitative estimate of drug-likeness (QED) is 0.659. The normalized spacial score (nSPS) is 11.3. The molecule has 0 radical (unpaired) electrons. The average Bonchev–Trinajstić information content (AvgIpc) is 2.81. The second kappa shape index (κ2) is 5.52. The summed E-state index contributed by atoms with van der Waals surface area (Å²) in [5, 5.41) is 17.9. The number of nitrogens with one attached hydrogen (secondary N) is 1. The number of nitrogens with zero attached hydrogens (tertiary/aromatic N) is 3. The van der Waals surface area contributed by atoms with Crippen molar-refractivity contribution in [3.63, 3.8) is 0 Å². The average molecular weight is 310 g/mol. The number of rotatable bonds is 5. The molecule has 0 unspecified atom stereocenters. The summed E-state index contributed by atoms with van der Waals surface area (Å²) >= 11 is 0. The lowest BCUT2D eigenvalue weighted by Crippen LogP contribution is -2.05. The number of nitro groups is 1. The molecule has 2 rings (SSSR count). The van der Waals surface area contributed by atoms with Gasteiger partial charge >= 0.3 is 0 Å². The summed E-state index contributed by atoms with van der Waals surface area (Å²) in [6.45, 7) is 0.439. The minimum absolute atomic E-state index is 0.302. The summed E-state index contributed by atoms with van der Waals surface area (Å²) in [6, 6.07) is 3.93. The van der Waals surface area contributed by atoms with Crippen LogP contribution in [-0.4, -0.2) is 29.4 Å². The number of aryl methyl sites for hydroxylation is 1. The molecule has 1 heterocycles. The van der Waals surface area contributed by atoms with Crippen LogP contribution in [0.5, 0.6) is 0 Å². The van der Waals surface area contributed by atoms with Crippen molar-refractivity contribution in [2.75, 3.05) is 11.6 Å². The first-order valence-electron chi connectivity index (χ1n) is 5.97. The van der Waals surface area contributed by atoms with Crippen LogP contribution in [0.1, 0.15) is 5.56 Å². The zero-order chi connectivity index (χ0) is 15.6. The SMILES string of the molecule is Cn1cc(CNc2ccc([N+](=O)[O-])c(S(C)(=O)=O)c2)cn1. The van der Waals surface area contributed by atoms with Gasteiger partial charge in [-0.05, 0) is 12.1 Å². The highest BCUT2D eigenvalue weighted by Crippen LogP contribution is 2.27. The van der Waals surface area contributed by atoms with Crippen molar-refractivity contribution in [3.05, 3.63) is 46.3 Å². The van der Waals surface area contributed by atoms with Gasteiger partial charge in [0.25, 0.3) is 5.69 Å². The van der Waals surface area contributed by atoms with Crippen molar-refractivity contribution in [1.82, 2.24) is 9.78 Å². The standard InChI is InChI=1S/C12H14N4O4S/c1-15-8-9(7-14-15)6-13-10-3-4-11(16(17)18)12(5-10)21(2,19)20/h3-5,7-8,13H,6H2,1-2H3. The second-order valence-corrected chi connectivity index (χ2v) is 6.57. The summed E-state index contributed by atoms with van der Waals surface area (Å²) in [5.74, 6) is 0. The highest BCUT2D eigenvalue weighted by atomic mass is 32.2. The minimum atomic E-state index is -3.68. The predicted molar refractivity (Wildman–Crippen MR) is 76.7 cm³/mol. The molecule has 0 atom stereocenters. The van der Waals surface area contributed by atoms with E-state index in [0.29, 0.717) is 12.2 Å². The largest absolute Gasteiger partial charge is 0.381 e. The topological polar surface area (TPSA) is 107 Å². The molecule has 9 heteroatoms. The predicted octanol–water partition coefficient (Wildman–Crippen LogP) is 1.34. The molecule has 0 aliphatic rings. The molecule has 8 nitrogen and oxygen atoms in total. The third-order valence-corrected chi connectivity index (χ3v) is 3.94. The molecule has 0 saturated carbocycles. The van der Waals surface area contributed by atoms with Gasteiger partial charge in [0.1, 0.15) is 4.90 Å². The molecular formula is C12H14N4O4S. The Morgan fingerprint density at radius 2 is 2.14 bits per heavy atom. The van der Waals surface area contributed by atoms with Gasteiger partial charge in [-0.25, -0.2) is 8.42 Å². The third-order valence-electron chi connectivity index (χ3n) is 2.81. The van der Waals surface area contributed by atoms with E-state index in [1.807, 2.05) is 6.20 Å². The highest BCUT2D eigenvalue weighted by Gasteiger charge is 2.22. The lowest BCUT2D eigenvalue weighted by Gasteiger charge is -2.07. The van der Waals surface area contributed by atoms with E-state index in [9.17, 15) is 18.5 Å². The molecule has 0 amide bonds.